The van der Waals surface area contributed by atoms with Crippen molar-refractivity contribution in [3.05, 3.63) is 78.0 Å². The van der Waals surface area contributed by atoms with Gasteiger partial charge in [-0.05, 0) is 44.2 Å². The molecule has 0 unspecified atom stereocenters. The van der Waals surface area contributed by atoms with E-state index in [1.165, 1.54) is 11.1 Å². The van der Waals surface area contributed by atoms with Gasteiger partial charge in [0.2, 0.25) is 5.91 Å². The largest absolute Gasteiger partial charge is 0.356 e. The fourth-order valence-corrected chi connectivity index (χ4v) is 4.06. The van der Waals surface area contributed by atoms with Gasteiger partial charge in [0.15, 0.2) is 5.82 Å². The molecule has 5 nitrogen and oxygen atoms in total. The molecule has 160 valence electrons. The van der Waals surface area contributed by atoms with E-state index in [9.17, 15) is 4.79 Å². The minimum atomic E-state index is 0.00302. The second kappa shape index (κ2) is 10.2. The molecule has 1 aliphatic rings. The molecule has 1 saturated heterocycles. The zero-order chi connectivity index (χ0) is 21.5. The lowest BCUT2D eigenvalue weighted by atomic mass is 9.97. The second-order valence-corrected chi connectivity index (χ2v) is 8.27. The average Bonchev–Trinajstić information content (AvgIpc) is 2.83. The van der Waals surface area contributed by atoms with Gasteiger partial charge in [0.05, 0.1) is 5.92 Å². The molecule has 1 aromatic heterocycles. The molecular formula is C26H30N4O. The minimum absolute atomic E-state index is 0.00302. The summed E-state index contributed by atoms with van der Waals surface area (Å²) in [6.07, 6.45) is 5.67. The Labute approximate surface area is 184 Å². The molecule has 0 spiro atoms. The first-order chi connectivity index (χ1) is 15.2. The number of hydrogen-bond donors (Lipinski definition) is 1. The maximum absolute atomic E-state index is 12.7. The molecule has 1 aliphatic heterocycles. The van der Waals surface area contributed by atoms with Crippen LogP contribution in [0.15, 0.2) is 66.9 Å². The predicted octanol–water partition coefficient (Wildman–Crippen LogP) is 4.42. The van der Waals surface area contributed by atoms with Crippen molar-refractivity contribution in [2.75, 3.05) is 24.5 Å². The number of aromatic nitrogens is 2. The van der Waals surface area contributed by atoms with E-state index in [-0.39, 0.29) is 11.8 Å². The van der Waals surface area contributed by atoms with E-state index in [0.29, 0.717) is 6.54 Å². The van der Waals surface area contributed by atoms with Gasteiger partial charge in [-0.25, -0.2) is 9.97 Å². The smallest absolute Gasteiger partial charge is 0.224 e. The van der Waals surface area contributed by atoms with E-state index in [1.54, 1.807) is 0 Å². The van der Waals surface area contributed by atoms with Crippen LogP contribution in [0, 0.1) is 12.8 Å². The summed E-state index contributed by atoms with van der Waals surface area (Å²) in [6, 6.07) is 20.6. The van der Waals surface area contributed by atoms with Crippen molar-refractivity contribution >= 4 is 11.7 Å². The molecule has 0 bridgehead atoms. The van der Waals surface area contributed by atoms with Gasteiger partial charge in [-0.3, -0.25) is 4.79 Å². The fourth-order valence-electron chi connectivity index (χ4n) is 4.06. The van der Waals surface area contributed by atoms with E-state index < -0.39 is 0 Å². The van der Waals surface area contributed by atoms with Gasteiger partial charge < -0.3 is 10.2 Å². The molecule has 2 heterocycles. The Morgan fingerprint density at radius 1 is 1.10 bits per heavy atom. The van der Waals surface area contributed by atoms with Gasteiger partial charge in [0, 0.05) is 31.4 Å². The number of piperidine rings is 1. The molecule has 31 heavy (non-hydrogen) atoms. The van der Waals surface area contributed by atoms with Gasteiger partial charge >= 0.3 is 0 Å². The van der Waals surface area contributed by atoms with Gasteiger partial charge in [0.25, 0.3) is 0 Å². The van der Waals surface area contributed by atoms with Crippen molar-refractivity contribution in [2.24, 2.45) is 5.92 Å². The maximum atomic E-state index is 12.7. The maximum Gasteiger partial charge on any atom is 0.224 e. The van der Waals surface area contributed by atoms with E-state index >= 15 is 0 Å². The molecule has 1 amide bonds. The standard InChI is InChI=1S/C26H30N4O/c1-20-11-13-22(14-12-20)25-27-17-15-24(29-25)30-18-6-10-23(19-30)26(31)28-16-5-9-21-7-3-2-4-8-21/h2-4,7-8,11-15,17,23H,5-6,9-10,16,18-19H2,1H3,(H,28,31)/t23-/m0/s1. The molecule has 2 aromatic carbocycles. The van der Waals surface area contributed by atoms with Gasteiger partial charge in [-0.2, -0.15) is 0 Å². The molecule has 5 heteroatoms. The second-order valence-electron chi connectivity index (χ2n) is 8.27. The summed E-state index contributed by atoms with van der Waals surface area (Å²) < 4.78 is 0. The number of carbonyl (C=O) groups excluding carboxylic acids is 1. The minimum Gasteiger partial charge on any atom is -0.356 e. The first-order valence-corrected chi connectivity index (χ1v) is 11.2. The Bertz CT molecular complexity index is 988. The van der Waals surface area contributed by atoms with Crippen molar-refractivity contribution in [3.63, 3.8) is 0 Å². The number of carbonyl (C=O) groups is 1. The van der Waals surface area contributed by atoms with Crippen molar-refractivity contribution in [1.82, 2.24) is 15.3 Å². The lowest BCUT2D eigenvalue weighted by Crippen LogP contribution is -2.43. The lowest BCUT2D eigenvalue weighted by molar-refractivity contribution is -0.125. The van der Waals surface area contributed by atoms with Crippen LogP contribution in [0.25, 0.3) is 11.4 Å². The van der Waals surface area contributed by atoms with Crippen LogP contribution in [0.1, 0.15) is 30.4 Å². The summed E-state index contributed by atoms with van der Waals surface area (Å²) in [4.78, 5) is 24.2. The normalized spacial score (nSPS) is 16.2. The molecule has 0 radical (unpaired) electrons. The Balaban J connectivity index is 1.32. The lowest BCUT2D eigenvalue weighted by Gasteiger charge is -2.33. The third kappa shape index (κ3) is 5.69. The van der Waals surface area contributed by atoms with Crippen LogP contribution in [0.5, 0.6) is 0 Å². The van der Waals surface area contributed by atoms with Gasteiger partial charge in [0.1, 0.15) is 5.82 Å². The van der Waals surface area contributed by atoms with Crippen LogP contribution in [-0.2, 0) is 11.2 Å². The first-order valence-electron chi connectivity index (χ1n) is 11.2. The summed E-state index contributed by atoms with van der Waals surface area (Å²) in [5, 5.41) is 3.14. The summed E-state index contributed by atoms with van der Waals surface area (Å²) in [6.45, 7) is 4.41. The van der Waals surface area contributed by atoms with E-state index in [4.69, 9.17) is 4.98 Å². The molecule has 0 saturated carbocycles. The van der Waals surface area contributed by atoms with Crippen LogP contribution in [0.2, 0.25) is 0 Å². The third-order valence-electron chi connectivity index (χ3n) is 5.85. The van der Waals surface area contributed by atoms with Crippen molar-refractivity contribution in [1.29, 1.82) is 0 Å². The van der Waals surface area contributed by atoms with Crippen molar-refractivity contribution < 1.29 is 4.79 Å². The van der Waals surface area contributed by atoms with Crippen LogP contribution in [0.3, 0.4) is 0 Å². The van der Waals surface area contributed by atoms with Gasteiger partial charge in [-0.15, -0.1) is 0 Å². The number of nitrogens with one attached hydrogen (secondary N) is 1. The van der Waals surface area contributed by atoms with Crippen molar-refractivity contribution in [3.8, 4) is 11.4 Å². The number of amides is 1. The van der Waals surface area contributed by atoms with Crippen LogP contribution in [0.4, 0.5) is 5.82 Å². The number of aryl methyl sites for hydroxylation is 2. The van der Waals surface area contributed by atoms with Gasteiger partial charge in [-0.1, -0.05) is 60.2 Å². The predicted molar refractivity (Wildman–Crippen MR) is 125 cm³/mol. The highest BCUT2D eigenvalue weighted by atomic mass is 16.1. The van der Waals surface area contributed by atoms with E-state index in [1.807, 2.05) is 18.3 Å². The average molecular weight is 415 g/mol. The SMILES string of the molecule is Cc1ccc(-c2nccc(N3CCC[C@H](C(=O)NCCCc4ccccc4)C3)n2)cc1. The molecule has 3 aromatic rings. The Kier molecular flexibility index (Phi) is 6.92. The molecule has 1 N–H and O–H groups in total. The summed E-state index contributed by atoms with van der Waals surface area (Å²) in [7, 11) is 0. The highest BCUT2D eigenvalue weighted by molar-refractivity contribution is 5.79. The van der Waals surface area contributed by atoms with E-state index in [0.717, 1.165) is 56.0 Å². The number of anilines is 1. The number of rotatable bonds is 7. The zero-order valence-electron chi connectivity index (χ0n) is 18.1. The molecule has 4 rings (SSSR count). The Hall–Kier alpha value is -3.21. The Morgan fingerprint density at radius 3 is 2.71 bits per heavy atom. The fraction of sp³-hybridized carbons (Fsp3) is 0.346. The summed E-state index contributed by atoms with van der Waals surface area (Å²) in [5.74, 6) is 1.78. The summed E-state index contributed by atoms with van der Waals surface area (Å²) in [5.41, 5.74) is 3.54. The van der Waals surface area contributed by atoms with Crippen LogP contribution < -0.4 is 10.2 Å². The molecule has 0 aliphatic carbocycles. The number of nitrogens with zero attached hydrogens (tertiary/aromatic N) is 3. The first kappa shape index (κ1) is 21.0. The monoisotopic (exact) mass is 414 g/mol. The topological polar surface area (TPSA) is 58.1 Å². The number of benzene rings is 2. The highest BCUT2D eigenvalue weighted by Gasteiger charge is 2.26. The summed E-state index contributed by atoms with van der Waals surface area (Å²) >= 11 is 0. The Morgan fingerprint density at radius 2 is 1.90 bits per heavy atom. The third-order valence-corrected chi connectivity index (χ3v) is 5.85. The molecule has 1 atom stereocenters. The molecule has 1 fully saturated rings. The van der Waals surface area contributed by atoms with Crippen LogP contribution >= 0.6 is 0 Å². The zero-order valence-corrected chi connectivity index (χ0v) is 18.1. The number of hydrogen-bond acceptors (Lipinski definition) is 4. The highest BCUT2D eigenvalue weighted by Crippen LogP contribution is 2.24. The van der Waals surface area contributed by atoms with E-state index in [2.05, 4.69) is 70.7 Å². The van der Waals surface area contributed by atoms with Crippen LogP contribution in [-0.4, -0.2) is 35.5 Å². The van der Waals surface area contributed by atoms with Crippen molar-refractivity contribution in [2.45, 2.75) is 32.6 Å². The molecular weight excluding hydrogens is 384 g/mol. The quantitative estimate of drug-likeness (QED) is 0.582.